The number of rotatable bonds is 6. The van der Waals surface area contributed by atoms with Crippen LogP contribution in [0.1, 0.15) is 37.1 Å². The Morgan fingerprint density at radius 3 is 2.71 bits per heavy atom. The highest BCUT2D eigenvalue weighted by molar-refractivity contribution is 6.31. The van der Waals surface area contributed by atoms with E-state index in [2.05, 4.69) is 17.5 Å². The lowest BCUT2D eigenvalue weighted by Gasteiger charge is -2.14. The zero-order chi connectivity index (χ0) is 12.4. The predicted octanol–water partition coefficient (Wildman–Crippen LogP) is 2.70. The van der Waals surface area contributed by atoms with Crippen molar-refractivity contribution in [1.29, 1.82) is 0 Å². The van der Waals surface area contributed by atoms with Gasteiger partial charge in [-0.15, -0.1) is 0 Å². The van der Waals surface area contributed by atoms with Crippen LogP contribution in [0.3, 0.4) is 0 Å². The van der Waals surface area contributed by atoms with Crippen molar-refractivity contribution in [2.24, 2.45) is 13.0 Å². The second-order valence-corrected chi connectivity index (χ2v) is 5.47. The van der Waals surface area contributed by atoms with Gasteiger partial charge in [0.15, 0.2) is 0 Å². The summed E-state index contributed by atoms with van der Waals surface area (Å²) in [5.41, 5.74) is 2.12. The molecule has 0 aliphatic heterocycles. The van der Waals surface area contributed by atoms with Crippen LogP contribution < -0.4 is 5.32 Å². The van der Waals surface area contributed by atoms with E-state index < -0.39 is 0 Å². The highest BCUT2D eigenvalue weighted by Gasteiger charge is 2.29. The number of halogens is 1. The van der Waals surface area contributed by atoms with Crippen molar-refractivity contribution in [3.63, 3.8) is 0 Å². The second kappa shape index (κ2) is 5.40. The SMILES string of the molecule is CNC(CCCc1c(Cl)c(C)nn1C)C1CC1. The minimum atomic E-state index is 0.697. The van der Waals surface area contributed by atoms with E-state index in [-0.39, 0.29) is 0 Å². The Morgan fingerprint density at radius 2 is 2.24 bits per heavy atom. The molecule has 17 heavy (non-hydrogen) atoms. The molecule has 0 saturated heterocycles. The lowest BCUT2D eigenvalue weighted by molar-refractivity contribution is 0.453. The molecule has 1 heterocycles. The number of aryl methyl sites for hydroxylation is 2. The van der Waals surface area contributed by atoms with Crippen LogP contribution in [0, 0.1) is 12.8 Å². The predicted molar refractivity (Wildman–Crippen MR) is 71.5 cm³/mol. The lowest BCUT2D eigenvalue weighted by Crippen LogP contribution is -2.27. The highest BCUT2D eigenvalue weighted by atomic mass is 35.5. The number of nitrogens with zero attached hydrogens (tertiary/aromatic N) is 2. The van der Waals surface area contributed by atoms with Crippen molar-refractivity contribution < 1.29 is 0 Å². The topological polar surface area (TPSA) is 29.9 Å². The van der Waals surface area contributed by atoms with Crippen LogP contribution in [-0.4, -0.2) is 22.9 Å². The zero-order valence-electron chi connectivity index (χ0n) is 11.0. The van der Waals surface area contributed by atoms with Crippen LogP contribution in [0.5, 0.6) is 0 Å². The Morgan fingerprint density at radius 1 is 1.53 bits per heavy atom. The molecule has 96 valence electrons. The van der Waals surface area contributed by atoms with Gasteiger partial charge in [-0.05, 0) is 52.0 Å². The molecule has 4 heteroatoms. The summed E-state index contributed by atoms with van der Waals surface area (Å²) in [6, 6.07) is 0.697. The van der Waals surface area contributed by atoms with E-state index in [4.69, 9.17) is 11.6 Å². The van der Waals surface area contributed by atoms with Crippen LogP contribution in [0.25, 0.3) is 0 Å². The average molecular weight is 256 g/mol. The molecule has 1 N–H and O–H groups in total. The van der Waals surface area contributed by atoms with Crippen molar-refractivity contribution in [3.8, 4) is 0 Å². The zero-order valence-corrected chi connectivity index (χ0v) is 11.7. The summed E-state index contributed by atoms with van der Waals surface area (Å²) in [4.78, 5) is 0. The summed E-state index contributed by atoms with van der Waals surface area (Å²) in [6.45, 7) is 1.96. The highest BCUT2D eigenvalue weighted by Crippen LogP contribution is 2.34. The van der Waals surface area contributed by atoms with Gasteiger partial charge in [-0.3, -0.25) is 4.68 Å². The van der Waals surface area contributed by atoms with Crippen molar-refractivity contribution >= 4 is 11.6 Å². The molecule has 1 aliphatic rings. The third-order valence-corrected chi connectivity index (χ3v) is 4.24. The minimum Gasteiger partial charge on any atom is -0.317 e. The van der Waals surface area contributed by atoms with E-state index in [9.17, 15) is 0 Å². The maximum Gasteiger partial charge on any atom is 0.0846 e. The number of nitrogens with one attached hydrogen (secondary N) is 1. The molecule has 1 atom stereocenters. The first-order chi connectivity index (χ1) is 8.13. The van der Waals surface area contributed by atoms with Crippen LogP contribution in [-0.2, 0) is 13.5 Å². The first-order valence-electron chi connectivity index (χ1n) is 6.48. The fourth-order valence-electron chi connectivity index (χ4n) is 2.56. The largest absolute Gasteiger partial charge is 0.317 e. The van der Waals surface area contributed by atoms with Gasteiger partial charge in [0, 0.05) is 13.1 Å². The van der Waals surface area contributed by atoms with Gasteiger partial charge in [-0.1, -0.05) is 11.6 Å². The van der Waals surface area contributed by atoms with E-state index in [1.54, 1.807) is 0 Å². The van der Waals surface area contributed by atoms with Gasteiger partial charge in [0.2, 0.25) is 0 Å². The molecule has 3 nitrogen and oxygen atoms in total. The Balaban J connectivity index is 1.84. The lowest BCUT2D eigenvalue weighted by atomic mass is 10.0. The van der Waals surface area contributed by atoms with Gasteiger partial charge in [0.05, 0.1) is 16.4 Å². The fraction of sp³-hybridized carbons (Fsp3) is 0.769. The molecule has 1 fully saturated rings. The van der Waals surface area contributed by atoms with Gasteiger partial charge in [-0.25, -0.2) is 0 Å². The van der Waals surface area contributed by atoms with Gasteiger partial charge >= 0.3 is 0 Å². The minimum absolute atomic E-state index is 0.697. The van der Waals surface area contributed by atoms with Crippen LogP contribution in [0.2, 0.25) is 5.02 Å². The van der Waals surface area contributed by atoms with Gasteiger partial charge in [-0.2, -0.15) is 5.10 Å². The van der Waals surface area contributed by atoms with Crippen LogP contribution in [0.15, 0.2) is 0 Å². The summed E-state index contributed by atoms with van der Waals surface area (Å²) in [6.07, 6.45) is 6.25. The maximum absolute atomic E-state index is 6.24. The van der Waals surface area contributed by atoms with Crippen LogP contribution >= 0.6 is 11.6 Å². The van der Waals surface area contributed by atoms with Gasteiger partial charge in [0.25, 0.3) is 0 Å². The number of hydrogen-bond acceptors (Lipinski definition) is 2. The van der Waals surface area contributed by atoms with Gasteiger partial charge < -0.3 is 5.32 Å². The monoisotopic (exact) mass is 255 g/mol. The normalized spacial score (nSPS) is 17.4. The number of aromatic nitrogens is 2. The van der Waals surface area contributed by atoms with Gasteiger partial charge in [0.1, 0.15) is 0 Å². The second-order valence-electron chi connectivity index (χ2n) is 5.09. The van der Waals surface area contributed by atoms with E-state index in [0.29, 0.717) is 6.04 Å². The van der Waals surface area contributed by atoms with Crippen molar-refractivity contribution in [1.82, 2.24) is 15.1 Å². The molecule has 0 aromatic carbocycles. The molecule has 1 unspecified atom stereocenters. The summed E-state index contributed by atoms with van der Waals surface area (Å²) in [5, 5.41) is 8.62. The summed E-state index contributed by atoms with van der Waals surface area (Å²) in [5.74, 6) is 0.920. The molecule has 1 aromatic rings. The smallest absolute Gasteiger partial charge is 0.0846 e. The first-order valence-corrected chi connectivity index (χ1v) is 6.86. The maximum atomic E-state index is 6.24. The number of hydrogen-bond donors (Lipinski definition) is 1. The molecule has 1 aromatic heterocycles. The summed E-state index contributed by atoms with van der Waals surface area (Å²) < 4.78 is 1.92. The average Bonchev–Trinajstić information content (AvgIpc) is 3.08. The van der Waals surface area contributed by atoms with Crippen LogP contribution in [0.4, 0.5) is 0 Å². The third kappa shape index (κ3) is 3.02. The Labute approximate surface area is 109 Å². The molecular formula is C13H22ClN3. The van der Waals surface area contributed by atoms with Crippen molar-refractivity contribution in [3.05, 3.63) is 16.4 Å². The Hall–Kier alpha value is -0.540. The molecule has 1 aliphatic carbocycles. The molecule has 0 amide bonds. The third-order valence-electron chi connectivity index (χ3n) is 3.75. The van der Waals surface area contributed by atoms with Crippen molar-refractivity contribution in [2.45, 2.75) is 45.1 Å². The quantitative estimate of drug-likeness (QED) is 0.847. The molecule has 0 radical (unpaired) electrons. The summed E-state index contributed by atoms with van der Waals surface area (Å²) >= 11 is 6.24. The van der Waals surface area contributed by atoms with E-state index >= 15 is 0 Å². The fourth-order valence-corrected chi connectivity index (χ4v) is 2.81. The first kappa shape index (κ1) is 12.9. The van der Waals surface area contributed by atoms with E-state index in [1.165, 1.54) is 31.4 Å². The standard InChI is InChI=1S/C13H22ClN3/c1-9-13(14)12(17(3)16-9)6-4-5-11(15-2)10-7-8-10/h10-11,15H,4-8H2,1-3H3. The Kier molecular flexibility index (Phi) is 4.10. The van der Waals surface area contributed by atoms with Crippen molar-refractivity contribution in [2.75, 3.05) is 7.05 Å². The molecular weight excluding hydrogens is 234 g/mol. The Bertz CT molecular complexity index is 382. The summed E-state index contributed by atoms with van der Waals surface area (Å²) in [7, 11) is 4.05. The molecule has 2 rings (SSSR count). The van der Waals surface area contributed by atoms with E-state index in [0.717, 1.165) is 23.1 Å². The molecule has 0 bridgehead atoms. The molecule has 0 spiro atoms. The molecule has 1 saturated carbocycles. The van der Waals surface area contributed by atoms with E-state index in [1.807, 2.05) is 18.7 Å².